The van der Waals surface area contributed by atoms with E-state index in [0.29, 0.717) is 11.1 Å². The van der Waals surface area contributed by atoms with Crippen molar-refractivity contribution in [2.24, 2.45) is 10.7 Å². The first kappa shape index (κ1) is 18.7. The highest BCUT2D eigenvalue weighted by Gasteiger charge is 2.16. The minimum Gasteiger partial charge on any atom is -0.497 e. The monoisotopic (exact) mass is 382 g/mol. The van der Waals surface area contributed by atoms with Crippen molar-refractivity contribution in [2.75, 3.05) is 28.3 Å². The Hall–Kier alpha value is -3.06. The molecule has 140 valence electrons. The van der Waals surface area contributed by atoms with Crippen molar-refractivity contribution in [3.8, 4) is 33.2 Å². The van der Waals surface area contributed by atoms with Crippen LogP contribution in [0.5, 0.6) is 11.5 Å². The van der Waals surface area contributed by atoms with Gasteiger partial charge in [-0.25, -0.2) is 4.98 Å². The van der Waals surface area contributed by atoms with Crippen molar-refractivity contribution in [1.82, 2.24) is 9.88 Å². The predicted octanol–water partition coefficient (Wildman–Crippen LogP) is 4.00. The van der Waals surface area contributed by atoms with Crippen LogP contribution in [0.4, 0.5) is 5.13 Å². The number of aromatic nitrogens is 1. The summed E-state index contributed by atoms with van der Waals surface area (Å²) in [5, 5.41) is 0.609. The van der Waals surface area contributed by atoms with Crippen molar-refractivity contribution < 1.29 is 9.47 Å². The van der Waals surface area contributed by atoms with Crippen molar-refractivity contribution >= 4 is 22.4 Å². The smallest absolute Gasteiger partial charge is 0.213 e. The number of aliphatic imine (C=N–C) groups is 1. The Balaban J connectivity index is 2.10. The van der Waals surface area contributed by atoms with Crippen LogP contribution in [0.25, 0.3) is 21.7 Å². The van der Waals surface area contributed by atoms with Crippen LogP contribution >= 0.6 is 11.3 Å². The summed E-state index contributed by atoms with van der Waals surface area (Å²) in [6, 6.07) is 15.7. The summed E-state index contributed by atoms with van der Waals surface area (Å²) in [5.74, 6) is 2.02. The van der Waals surface area contributed by atoms with Crippen LogP contribution < -0.4 is 15.2 Å². The summed E-state index contributed by atoms with van der Waals surface area (Å²) in [7, 11) is 7.00. The van der Waals surface area contributed by atoms with Gasteiger partial charge in [0.15, 0.2) is 5.96 Å². The third-order valence-corrected chi connectivity index (χ3v) is 5.00. The lowest BCUT2D eigenvalue weighted by atomic mass is 10.1. The topological polar surface area (TPSA) is 73.0 Å². The normalized spacial score (nSPS) is 11.3. The zero-order chi connectivity index (χ0) is 19.4. The Bertz CT molecular complexity index is 867. The van der Waals surface area contributed by atoms with Gasteiger partial charge in [-0.1, -0.05) is 11.3 Å². The Morgan fingerprint density at radius 3 is 1.93 bits per heavy atom. The van der Waals surface area contributed by atoms with Gasteiger partial charge in [0.2, 0.25) is 5.13 Å². The molecule has 2 N–H and O–H groups in total. The van der Waals surface area contributed by atoms with Crippen LogP contribution in [-0.4, -0.2) is 44.2 Å². The fourth-order valence-corrected chi connectivity index (χ4v) is 3.41. The maximum absolute atomic E-state index is 5.97. The molecule has 0 radical (unpaired) electrons. The number of methoxy groups -OCH3 is 2. The lowest BCUT2D eigenvalue weighted by Gasteiger charge is -2.08. The number of rotatable bonds is 5. The van der Waals surface area contributed by atoms with Crippen LogP contribution in [-0.2, 0) is 0 Å². The van der Waals surface area contributed by atoms with E-state index in [1.54, 1.807) is 19.1 Å². The quantitative estimate of drug-likeness (QED) is 0.533. The van der Waals surface area contributed by atoms with Gasteiger partial charge in [-0.05, 0) is 54.1 Å². The molecule has 0 aliphatic heterocycles. The molecule has 0 fully saturated rings. The number of hydrogen-bond donors (Lipinski definition) is 1. The zero-order valence-electron chi connectivity index (χ0n) is 15.8. The first-order valence-electron chi connectivity index (χ1n) is 8.33. The second-order valence-corrected chi connectivity index (χ2v) is 6.97. The van der Waals surface area contributed by atoms with Gasteiger partial charge in [0.25, 0.3) is 0 Å². The molecular formula is C20H22N4O2S. The molecule has 0 aliphatic rings. The highest BCUT2D eigenvalue weighted by molar-refractivity contribution is 7.19. The molecule has 27 heavy (non-hydrogen) atoms. The summed E-state index contributed by atoms with van der Waals surface area (Å²) in [6.45, 7) is 0. The molecule has 0 saturated carbocycles. The lowest BCUT2D eigenvalue weighted by Crippen LogP contribution is -2.29. The van der Waals surface area contributed by atoms with Gasteiger partial charge in [-0.3, -0.25) is 0 Å². The van der Waals surface area contributed by atoms with Crippen molar-refractivity contribution in [3.63, 3.8) is 0 Å². The number of hydrogen-bond acceptors (Lipinski definition) is 5. The SMILES string of the molecule is COc1ccc(-c2nc(/N=C(/N)N(C)C)sc2-c2ccc(OC)cc2)cc1. The molecule has 0 spiro atoms. The summed E-state index contributed by atoms with van der Waals surface area (Å²) in [4.78, 5) is 11.9. The molecule has 2 aromatic carbocycles. The van der Waals surface area contributed by atoms with Crippen LogP contribution in [0.15, 0.2) is 53.5 Å². The zero-order valence-corrected chi connectivity index (χ0v) is 16.6. The number of ether oxygens (including phenoxy) is 2. The van der Waals surface area contributed by atoms with E-state index in [2.05, 4.69) is 4.99 Å². The minimum absolute atomic E-state index is 0.409. The van der Waals surface area contributed by atoms with Crippen molar-refractivity contribution in [1.29, 1.82) is 0 Å². The van der Waals surface area contributed by atoms with Gasteiger partial charge in [0, 0.05) is 19.7 Å². The Labute approximate surface area is 162 Å². The lowest BCUT2D eigenvalue weighted by molar-refractivity contribution is 0.414. The molecule has 0 amide bonds. The fourth-order valence-electron chi connectivity index (χ4n) is 2.44. The standard InChI is InChI=1S/C20H22N4O2S/c1-24(2)19(21)23-20-22-17(13-5-9-15(25-3)10-6-13)18(27-20)14-7-11-16(26-4)12-8-14/h5-12H,1-4H3,(H2,21,22,23). The highest BCUT2D eigenvalue weighted by Crippen LogP contribution is 2.40. The number of benzene rings is 2. The molecule has 7 heteroatoms. The predicted molar refractivity (Wildman–Crippen MR) is 111 cm³/mol. The third-order valence-electron chi connectivity index (χ3n) is 4.00. The average Bonchev–Trinajstić information content (AvgIpc) is 3.11. The van der Waals surface area contributed by atoms with E-state index < -0.39 is 0 Å². The van der Waals surface area contributed by atoms with E-state index in [9.17, 15) is 0 Å². The van der Waals surface area contributed by atoms with Crippen LogP contribution in [0.3, 0.4) is 0 Å². The summed E-state index contributed by atoms with van der Waals surface area (Å²) < 4.78 is 10.5. The van der Waals surface area contributed by atoms with Crippen LogP contribution in [0, 0.1) is 0 Å². The van der Waals surface area contributed by atoms with Gasteiger partial charge in [-0.15, -0.1) is 0 Å². The van der Waals surface area contributed by atoms with Crippen LogP contribution in [0.1, 0.15) is 0 Å². The minimum atomic E-state index is 0.409. The number of thiazole rings is 1. The molecule has 6 nitrogen and oxygen atoms in total. The van der Waals surface area contributed by atoms with Gasteiger partial charge < -0.3 is 20.1 Å². The molecule has 0 saturated heterocycles. The number of guanidine groups is 1. The van der Waals surface area contributed by atoms with Crippen molar-refractivity contribution in [2.45, 2.75) is 0 Å². The largest absolute Gasteiger partial charge is 0.497 e. The van der Waals surface area contributed by atoms with E-state index in [0.717, 1.165) is 33.2 Å². The molecular weight excluding hydrogens is 360 g/mol. The van der Waals surface area contributed by atoms with Gasteiger partial charge in [0.1, 0.15) is 11.5 Å². The number of nitrogens with zero attached hydrogens (tertiary/aromatic N) is 3. The Morgan fingerprint density at radius 1 is 0.926 bits per heavy atom. The van der Waals surface area contributed by atoms with Gasteiger partial charge in [-0.2, -0.15) is 4.99 Å². The Kier molecular flexibility index (Phi) is 5.61. The number of nitrogens with two attached hydrogens (primary N) is 1. The molecule has 0 aliphatic carbocycles. The van der Waals surface area contributed by atoms with E-state index in [-0.39, 0.29) is 0 Å². The summed E-state index contributed by atoms with van der Waals surface area (Å²) in [5.41, 5.74) is 8.86. The van der Waals surface area contributed by atoms with Crippen LogP contribution in [0.2, 0.25) is 0 Å². The molecule has 3 aromatic rings. The second-order valence-electron chi connectivity index (χ2n) is 6.00. The highest BCUT2D eigenvalue weighted by atomic mass is 32.1. The fraction of sp³-hybridized carbons (Fsp3) is 0.200. The first-order valence-corrected chi connectivity index (χ1v) is 9.14. The third kappa shape index (κ3) is 4.20. The second kappa shape index (κ2) is 8.09. The first-order chi connectivity index (χ1) is 13.0. The maximum Gasteiger partial charge on any atom is 0.213 e. The maximum atomic E-state index is 5.97. The summed E-state index contributed by atoms with van der Waals surface area (Å²) >= 11 is 1.50. The molecule has 0 bridgehead atoms. The Morgan fingerprint density at radius 2 is 1.44 bits per heavy atom. The van der Waals surface area contributed by atoms with E-state index in [1.807, 2.05) is 62.6 Å². The molecule has 0 unspecified atom stereocenters. The van der Waals surface area contributed by atoms with Crippen molar-refractivity contribution in [3.05, 3.63) is 48.5 Å². The van der Waals surface area contributed by atoms with E-state index in [1.165, 1.54) is 11.3 Å². The molecule has 1 heterocycles. The van der Waals surface area contributed by atoms with Gasteiger partial charge >= 0.3 is 0 Å². The van der Waals surface area contributed by atoms with Gasteiger partial charge in [0.05, 0.1) is 24.8 Å². The molecule has 1 aromatic heterocycles. The molecule has 0 atom stereocenters. The summed E-state index contributed by atoms with van der Waals surface area (Å²) in [6.07, 6.45) is 0. The average molecular weight is 382 g/mol. The van der Waals surface area contributed by atoms with E-state index >= 15 is 0 Å². The van der Waals surface area contributed by atoms with E-state index in [4.69, 9.17) is 20.2 Å². The molecule has 3 rings (SSSR count).